The van der Waals surface area contributed by atoms with Gasteiger partial charge in [-0.25, -0.2) is 0 Å². The molecule has 0 spiro atoms. The van der Waals surface area contributed by atoms with Crippen LogP contribution in [0.3, 0.4) is 0 Å². The number of phenols is 1. The summed E-state index contributed by atoms with van der Waals surface area (Å²) < 4.78 is 0. The van der Waals surface area contributed by atoms with Crippen molar-refractivity contribution in [3.05, 3.63) is 47.1 Å². The molecule has 126 valence electrons. The SMILES string of the molecule is CC(C)(C)c1cc(C2=CC=CC2)c(O)c(C(C)(C)C)c1.[Cl-].[Cl-].[Zr+2]. The van der Waals surface area contributed by atoms with E-state index in [9.17, 15) is 5.11 Å². The van der Waals surface area contributed by atoms with E-state index in [0.29, 0.717) is 5.75 Å². The summed E-state index contributed by atoms with van der Waals surface area (Å²) in [5.74, 6) is 0.445. The van der Waals surface area contributed by atoms with Crippen LogP contribution < -0.4 is 24.8 Å². The van der Waals surface area contributed by atoms with Crippen LogP contribution in [-0.4, -0.2) is 5.11 Å². The Morgan fingerprint density at radius 2 is 1.48 bits per heavy atom. The number of halogens is 2. The van der Waals surface area contributed by atoms with Crippen molar-refractivity contribution in [2.75, 3.05) is 0 Å². The van der Waals surface area contributed by atoms with Gasteiger partial charge in [0.05, 0.1) is 0 Å². The molecule has 1 aromatic carbocycles. The summed E-state index contributed by atoms with van der Waals surface area (Å²) in [7, 11) is 0. The second-order valence-electron chi connectivity index (χ2n) is 7.74. The van der Waals surface area contributed by atoms with Gasteiger partial charge in [-0.05, 0) is 34.5 Å². The second-order valence-corrected chi connectivity index (χ2v) is 7.74. The van der Waals surface area contributed by atoms with Crippen LogP contribution in [0.4, 0.5) is 0 Å². The summed E-state index contributed by atoms with van der Waals surface area (Å²) in [6, 6.07) is 4.32. The Labute approximate surface area is 172 Å². The number of rotatable bonds is 1. The third-order valence-corrected chi connectivity index (χ3v) is 3.90. The number of hydrogen-bond acceptors (Lipinski definition) is 1. The van der Waals surface area contributed by atoms with Gasteiger partial charge in [0.15, 0.2) is 0 Å². The predicted molar refractivity (Wildman–Crippen MR) is 87.2 cm³/mol. The molecule has 1 aromatic rings. The predicted octanol–water partition coefficient (Wildman–Crippen LogP) is -0.664. The Kier molecular flexibility index (Phi) is 9.73. The van der Waals surface area contributed by atoms with Crippen LogP contribution in [0, 0.1) is 0 Å². The fraction of sp³-hybridized carbons (Fsp3) is 0.474. The van der Waals surface area contributed by atoms with E-state index in [2.05, 4.69) is 71.9 Å². The Hall–Kier alpha value is -0.0369. The van der Waals surface area contributed by atoms with Crippen molar-refractivity contribution < 1.29 is 56.1 Å². The second kappa shape index (κ2) is 8.88. The summed E-state index contributed by atoms with van der Waals surface area (Å²) >= 11 is 0. The molecule has 1 aliphatic rings. The summed E-state index contributed by atoms with van der Waals surface area (Å²) in [4.78, 5) is 0. The largest absolute Gasteiger partial charge is 2.00 e. The Morgan fingerprint density at radius 1 is 0.913 bits per heavy atom. The standard InChI is InChI=1S/C19H26O.2ClH.Zr/c1-18(2,3)14-11-15(13-9-7-8-10-13)17(20)16(12-14)19(4,5)6;;;/h7-9,11-12,20H,10H2,1-6H3;2*1H;/q;;;+2/p-2. The molecular formula is C19H26Cl2OZr. The summed E-state index contributed by atoms with van der Waals surface area (Å²) in [5, 5.41) is 10.7. The molecule has 1 aliphatic carbocycles. The molecular weight excluding hydrogens is 406 g/mol. The monoisotopic (exact) mass is 430 g/mol. The van der Waals surface area contributed by atoms with E-state index in [-0.39, 0.29) is 61.8 Å². The van der Waals surface area contributed by atoms with Crippen LogP contribution in [0.5, 0.6) is 5.75 Å². The molecule has 0 aliphatic heterocycles. The molecule has 0 atom stereocenters. The van der Waals surface area contributed by atoms with Gasteiger partial charge in [-0.15, -0.1) is 0 Å². The number of allylic oxidation sites excluding steroid dienone is 4. The van der Waals surface area contributed by atoms with Crippen LogP contribution in [0.1, 0.15) is 64.7 Å². The van der Waals surface area contributed by atoms with Crippen molar-refractivity contribution in [3.8, 4) is 5.75 Å². The van der Waals surface area contributed by atoms with Crippen LogP contribution in [0.25, 0.3) is 5.57 Å². The number of benzene rings is 1. The fourth-order valence-corrected chi connectivity index (χ4v) is 2.53. The van der Waals surface area contributed by atoms with E-state index >= 15 is 0 Å². The molecule has 0 saturated heterocycles. The zero-order valence-electron chi connectivity index (χ0n) is 14.8. The van der Waals surface area contributed by atoms with Gasteiger partial charge < -0.3 is 29.9 Å². The smallest absolute Gasteiger partial charge is 1.00 e. The van der Waals surface area contributed by atoms with Crippen molar-refractivity contribution in [1.29, 1.82) is 0 Å². The maximum atomic E-state index is 10.7. The van der Waals surface area contributed by atoms with E-state index in [1.807, 2.05) is 0 Å². The van der Waals surface area contributed by atoms with Crippen LogP contribution >= 0.6 is 0 Å². The van der Waals surface area contributed by atoms with Crippen LogP contribution in [-0.2, 0) is 37.0 Å². The van der Waals surface area contributed by atoms with E-state index in [1.165, 1.54) is 11.1 Å². The number of phenolic OH excluding ortho intramolecular Hbond substituents is 1. The average molecular weight is 433 g/mol. The van der Waals surface area contributed by atoms with Gasteiger partial charge in [-0.2, -0.15) is 0 Å². The van der Waals surface area contributed by atoms with Gasteiger partial charge in [0.25, 0.3) is 0 Å². The van der Waals surface area contributed by atoms with Gasteiger partial charge in [0.1, 0.15) is 5.75 Å². The third-order valence-electron chi connectivity index (χ3n) is 3.90. The first-order valence-corrected chi connectivity index (χ1v) is 7.35. The molecule has 2 rings (SSSR count). The quantitative estimate of drug-likeness (QED) is 0.625. The van der Waals surface area contributed by atoms with Crippen LogP contribution in [0.15, 0.2) is 30.4 Å². The molecule has 0 unspecified atom stereocenters. The van der Waals surface area contributed by atoms with Gasteiger partial charge >= 0.3 is 26.2 Å². The molecule has 1 N–H and O–H groups in total. The summed E-state index contributed by atoms with van der Waals surface area (Å²) in [6.07, 6.45) is 7.21. The Balaban J connectivity index is 0. The molecule has 1 nitrogen and oxygen atoms in total. The third kappa shape index (κ3) is 5.77. The maximum Gasteiger partial charge on any atom is 2.00 e. The minimum absolute atomic E-state index is 0. The minimum Gasteiger partial charge on any atom is -1.00 e. The van der Waals surface area contributed by atoms with Gasteiger partial charge in [-0.3, -0.25) is 0 Å². The summed E-state index contributed by atoms with van der Waals surface area (Å²) in [6.45, 7) is 13.1. The fourth-order valence-electron chi connectivity index (χ4n) is 2.53. The Morgan fingerprint density at radius 3 is 1.87 bits per heavy atom. The zero-order valence-corrected chi connectivity index (χ0v) is 18.8. The molecule has 4 heteroatoms. The maximum absolute atomic E-state index is 10.7. The van der Waals surface area contributed by atoms with E-state index in [4.69, 9.17) is 0 Å². The van der Waals surface area contributed by atoms with Crippen molar-refractivity contribution >= 4 is 5.57 Å². The van der Waals surface area contributed by atoms with Crippen molar-refractivity contribution in [1.82, 2.24) is 0 Å². The zero-order chi connectivity index (χ0) is 15.1. The first kappa shape index (κ1) is 25.2. The normalized spacial score (nSPS) is 13.6. The number of hydrogen-bond donors (Lipinski definition) is 1. The average Bonchev–Trinajstić information content (AvgIpc) is 2.79. The van der Waals surface area contributed by atoms with E-state index in [0.717, 1.165) is 17.5 Å². The number of aromatic hydroxyl groups is 1. The molecule has 0 radical (unpaired) electrons. The first-order chi connectivity index (χ1) is 9.10. The van der Waals surface area contributed by atoms with Gasteiger partial charge in [-0.1, -0.05) is 65.8 Å². The van der Waals surface area contributed by atoms with Gasteiger partial charge in [0.2, 0.25) is 0 Å². The van der Waals surface area contributed by atoms with Crippen molar-refractivity contribution in [2.24, 2.45) is 0 Å². The minimum atomic E-state index is -0.0628. The Bertz CT molecular complexity index is 591. The molecule has 0 fully saturated rings. The van der Waals surface area contributed by atoms with Crippen molar-refractivity contribution in [2.45, 2.75) is 58.8 Å². The van der Waals surface area contributed by atoms with Crippen LogP contribution in [0.2, 0.25) is 0 Å². The molecule has 23 heavy (non-hydrogen) atoms. The molecule has 0 bridgehead atoms. The molecule has 0 heterocycles. The summed E-state index contributed by atoms with van der Waals surface area (Å²) in [5.41, 5.74) is 4.53. The first-order valence-electron chi connectivity index (χ1n) is 7.35. The van der Waals surface area contributed by atoms with Gasteiger partial charge in [0, 0.05) is 11.1 Å². The van der Waals surface area contributed by atoms with E-state index in [1.54, 1.807) is 0 Å². The molecule has 0 amide bonds. The molecule has 0 saturated carbocycles. The topological polar surface area (TPSA) is 20.2 Å². The van der Waals surface area contributed by atoms with Crippen molar-refractivity contribution in [3.63, 3.8) is 0 Å². The van der Waals surface area contributed by atoms with E-state index < -0.39 is 0 Å². The molecule has 0 aromatic heterocycles.